The second-order valence-corrected chi connectivity index (χ2v) is 4.83. The summed E-state index contributed by atoms with van der Waals surface area (Å²) in [5.74, 6) is -0.677. The van der Waals surface area contributed by atoms with E-state index >= 15 is 0 Å². The highest BCUT2D eigenvalue weighted by molar-refractivity contribution is 5.54. The normalized spacial score (nSPS) is 12.2. The SMILES string of the molecule is C[C@H](O)c1cc(F)ccc1N(C)Cc1ccccc1F. The van der Waals surface area contributed by atoms with Crippen molar-refractivity contribution in [3.05, 3.63) is 65.2 Å². The first-order chi connectivity index (χ1) is 9.49. The first-order valence-corrected chi connectivity index (χ1v) is 6.41. The molecule has 0 amide bonds. The molecule has 1 atom stereocenters. The number of rotatable bonds is 4. The fourth-order valence-corrected chi connectivity index (χ4v) is 2.17. The van der Waals surface area contributed by atoms with E-state index in [2.05, 4.69) is 0 Å². The number of hydrogen-bond acceptors (Lipinski definition) is 2. The van der Waals surface area contributed by atoms with Crippen molar-refractivity contribution in [3.8, 4) is 0 Å². The van der Waals surface area contributed by atoms with Crippen molar-refractivity contribution >= 4 is 5.69 Å². The van der Waals surface area contributed by atoms with Crippen LogP contribution in [0.15, 0.2) is 42.5 Å². The van der Waals surface area contributed by atoms with Gasteiger partial charge in [0.15, 0.2) is 0 Å². The van der Waals surface area contributed by atoms with E-state index in [0.29, 0.717) is 23.4 Å². The van der Waals surface area contributed by atoms with Crippen molar-refractivity contribution in [2.45, 2.75) is 19.6 Å². The Morgan fingerprint density at radius 1 is 1.15 bits per heavy atom. The quantitative estimate of drug-likeness (QED) is 0.922. The van der Waals surface area contributed by atoms with Crippen LogP contribution >= 0.6 is 0 Å². The maximum atomic E-state index is 13.7. The summed E-state index contributed by atoms with van der Waals surface area (Å²) in [4.78, 5) is 1.79. The highest BCUT2D eigenvalue weighted by Gasteiger charge is 2.14. The van der Waals surface area contributed by atoms with Crippen LogP contribution in [0.25, 0.3) is 0 Å². The zero-order valence-electron chi connectivity index (χ0n) is 11.5. The standard InChI is InChI=1S/C16H17F2NO/c1-11(20)14-9-13(17)7-8-16(14)19(2)10-12-5-3-4-6-15(12)18/h3-9,11,20H,10H2,1-2H3/t11-/m0/s1. The Labute approximate surface area is 117 Å². The number of nitrogens with zero attached hydrogens (tertiary/aromatic N) is 1. The number of anilines is 1. The van der Waals surface area contributed by atoms with E-state index in [9.17, 15) is 13.9 Å². The van der Waals surface area contributed by atoms with E-state index in [0.717, 1.165) is 0 Å². The van der Waals surface area contributed by atoms with Gasteiger partial charge in [0.25, 0.3) is 0 Å². The molecule has 0 aliphatic rings. The first-order valence-electron chi connectivity index (χ1n) is 6.41. The van der Waals surface area contributed by atoms with Crippen LogP contribution in [0.5, 0.6) is 0 Å². The molecule has 0 bridgehead atoms. The van der Waals surface area contributed by atoms with Crippen LogP contribution in [0, 0.1) is 11.6 Å². The summed E-state index contributed by atoms with van der Waals surface area (Å²) in [5.41, 5.74) is 1.73. The van der Waals surface area contributed by atoms with E-state index in [1.54, 1.807) is 43.1 Å². The second kappa shape index (κ2) is 6.01. The minimum Gasteiger partial charge on any atom is -0.389 e. The first kappa shape index (κ1) is 14.5. The van der Waals surface area contributed by atoms with E-state index in [-0.39, 0.29) is 5.82 Å². The molecule has 2 nitrogen and oxygen atoms in total. The molecule has 0 saturated carbocycles. The van der Waals surface area contributed by atoms with E-state index < -0.39 is 11.9 Å². The van der Waals surface area contributed by atoms with Crippen molar-refractivity contribution in [1.82, 2.24) is 0 Å². The molecular weight excluding hydrogens is 260 g/mol. The van der Waals surface area contributed by atoms with Crippen LogP contribution in [0.3, 0.4) is 0 Å². The topological polar surface area (TPSA) is 23.5 Å². The predicted octanol–water partition coefficient (Wildman–Crippen LogP) is 3.65. The Kier molecular flexibility index (Phi) is 4.35. The third kappa shape index (κ3) is 3.14. The predicted molar refractivity (Wildman–Crippen MR) is 75.5 cm³/mol. The lowest BCUT2D eigenvalue weighted by molar-refractivity contribution is 0.199. The number of aliphatic hydroxyl groups excluding tert-OH is 1. The van der Waals surface area contributed by atoms with E-state index in [4.69, 9.17) is 0 Å². The average Bonchev–Trinajstić information content (AvgIpc) is 2.41. The summed E-state index contributed by atoms with van der Waals surface area (Å²) < 4.78 is 26.9. The minimum absolute atomic E-state index is 0.278. The molecule has 0 saturated heterocycles. The molecule has 2 aromatic rings. The molecule has 2 aromatic carbocycles. The molecule has 0 spiro atoms. The lowest BCUT2D eigenvalue weighted by Crippen LogP contribution is -2.19. The molecular formula is C16H17F2NO. The molecule has 0 fully saturated rings. The molecule has 0 heterocycles. The van der Waals surface area contributed by atoms with Gasteiger partial charge in [-0.25, -0.2) is 8.78 Å². The summed E-state index contributed by atoms with van der Waals surface area (Å²) in [5, 5.41) is 9.73. The fraction of sp³-hybridized carbons (Fsp3) is 0.250. The Bertz CT molecular complexity index is 599. The Balaban J connectivity index is 2.30. The van der Waals surface area contributed by atoms with Crippen LogP contribution < -0.4 is 4.90 Å². The molecule has 1 N–H and O–H groups in total. The molecule has 4 heteroatoms. The Morgan fingerprint density at radius 2 is 1.85 bits per heavy atom. The van der Waals surface area contributed by atoms with E-state index in [1.165, 1.54) is 18.2 Å². The van der Waals surface area contributed by atoms with Crippen LogP contribution in [0.2, 0.25) is 0 Å². The van der Waals surface area contributed by atoms with E-state index in [1.807, 2.05) is 0 Å². The lowest BCUT2D eigenvalue weighted by Gasteiger charge is -2.24. The molecule has 0 aliphatic carbocycles. The number of aliphatic hydroxyl groups is 1. The molecule has 20 heavy (non-hydrogen) atoms. The smallest absolute Gasteiger partial charge is 0.128 e. The third-order valence-corrected chi connectivity index (χ3v) is 3.22. The van der Waals surface area contributed by atoms with Gasteiger partial charge in [-0.15, -0.1) is 0 Å². The van der Waals surface area contributed by atoms with Crippen LogP contribution in [0.1, 0.15) is 24.2 Å². The zero-order valence-corrected chi connectivity index (χ0v) is 11.5. The van der Waals surface area contributed by atoms with Crippen LogP contribution in [-0.2, 0) is 6.54 Å². The third-order valence-electron chi connectivity index (χ3n) is 3.22. The molecule has 0 unspecified atom stereocenters. The van der Waals surface area contributed by atoms with Crippen LogP contribution in [-0.4, -0.2) is 12.2 Å². The van der Waals surface area contributed by atoms with Gasteiger partial charge in [0.1, 0.15) is 11.6 Å². The van der Waals surface area contributed by atoms with Crippen molar-refractivity contribution in [1.29, 1.82) is 0 Å². The van der Waals surface area contributed by atoms with Gasteiger partial charge in [0.2, 0.25) is 0 Å². The van der Waals surface area contributed by atoms with Gasteiger partial charge >= 0.3 is 0 Å². The molecule has 2 rings (SSSR count). The van der Waals surface area contributed by atoms with Gasteiger partial charge in [-0.05, 0) is 31.2 Å². The zero-order chi connectivity index (χ0) is 14.7. The highest BCUT2D eigenvalue weighted by Crippen LogP contribution is 2.27. The Morgan fingerprint density at radius 3 is 2.50 bits per heavy atom. The van der Waals surface area contributed by atoms with Gasteiger partial charge in [-0.2, -0.15) is 0 Å². The van der Waals surface area contributed by atoms with Crippen molar-refractivity contribution in [2.75, 3.05) is 11.9 Å². The van der Waals surface area contributed by atoms with Crippen molar-refractivity contribution in [3.63, 3.8) is 0 Å². The van der Waals surface area contributed by atoms with Crippen molar-refractivity contribution < 1.29 is 13.9 Å². The van der Waals surface area contributed by atoms with Gasteiger partial charge < -0.3 is 10.0 Å². The number of halogens is 2. The fourth-order valence-electron chi connectivity index (χ4n) is 2.17. The lowest BCUT2D eigenvalue weighted by atomic mass is 10.1. The van der Waals surface area contributed by atoms with Gasteiger partial charge in [0.05, 0.1) is 6.10 Å². The second-order valence-electron chi connectivity index (χ2n) is 4.83. The molecule has 0 aliphatic heterocycles. The summed E-state index contributed by atoms with van der Waals surface area (Å²) in [6.07, 6.45) is -0.788. The maximum Gasteiger partial charge on any atom is 0.128 e. The average molecular weight is 277 g/mol. The molecule has 0 aromatic heterocycles. The highest BCUT2D eigenvalue weighted by atomic mass is 19.1. The van der Waals surface area contributed by atoms with Gasteiger partial charge in [-0.1, -0.05) is 18.2 Å². The monoisotopic (exact) mass is 277 g/mol. The molecule has 106 valence electrons. The summed E-state index contributed by atoms with van der Waals surface area (Å²) in [6.45, 7) is 1.92. The number of benzene rings is 2. The minimum atomic E-state index is -0.788. The summed E-state index contributed by atoms with van der Waals surface area (Å²) >= 11 is 0. The Hall–Kier alpha value is -1.94. The van der Waals surface area contributed by atoms with Gasteiger partial charge in [0, 0.05) is 30.4 Å². The maximum absolute atomic E-state index is 13.7. The van der Waals surface area contributed by atoms with Gasteiger partial charge in [-0.3, -0.25) is 0 Å². The summed E-state index contributed by atoms with van der Waals surface area (Å²) in [6, 6.07) is 10.8. The van der Waals surface area contributed by atoms with Crippen molar-refractivity contribution in [2.24, 2.45) is 0 Å². The molecule has 0 radical (unpaired) electrons. The largest absolute Gasteiger partial charge is 0.389 e. The summed E-state index contributed by atoms with van der Waals surface area (Å²) in [7, 11) is 1.78. The van der Waals surface area contributed by atoms with Crippen LogP contribution in [0.4, 0.5) is 14.5 Å². The number of hydrogen-bond donors (Lipinski definition) is 1.